The molecule has 0 radical (unpaired) electrons. The van der Waals surface area contributed by atoms with Crippen molar-refractivity contribution in [3.8, 4) is 0 Å². The van der Waals surface area contributed by atoms with Gasteiger partial charge in [0.25, 0.3) is 0 Å². The molecule has 15 heavy (non-hydrogen) atoms. The first-order chi connectivity index (χ1) is 7.19. The Hall–Kier alpha value is -1.65. The van der Waals surface area contributed by atoms with Crippen LogP contribution in [-0.4, -0.2) is 19.6 Å². The summed E-state index contributed by atoms with van der Waals surface area (Å²) in [5.41, 5.74) is 2.48. The Labute approximate surface area is 87.2 Å². The van der Waals surface area contributed by atoms with Gasteiger partial charge in [-0.05, 0) is 13.3 Å². The molecule has 0 bridgehead atoms. The Morgan fingerprint density at radius 1 is 1.33 bits per heavy atom. The second kappa shape index (κ2) is 3.49. The van der Waals surface area contributed by atoms with Gasteiger partial charge in [-0.3, -0.25) is 0 Å². The molecular weight excluding hydrogens is 192 g/mol. The number of hydrogen-bond donors (Lipinski definition) is 1. The number of rotatable bonds is 2. The van der Waals surface area contributed by atoms with E-state index >= 15 is 0 Å². The number of nitrogens with one attached hydrogen (secondary N) is 1. The molecule has 0 aliphatic carbocycles. The molecule has 0 aliphatic heterocycles. The lowest BCUT2D eigenvalue weighted by molar-refractivity contribution is 0.829. The summed E-state index contributed by atoms with van der Waals surface area (Å²) in [7, 11) is 0. The minimum atomic E-state index is -0.208. The zero-order chi connectivity index (χ0) is 11.0. The molecule has 0 saturated heterocycles. The van der Waals surface area contributed by atoms with Crippen LogP contribution in [0.5, 0.6) is 0 Å². The van der Waals surface area contributed by atoms with Crippen LogP contribution < -0.4 is 5.69 Å². The lowest BCUT2D eigenvalue weighted by atomic mass is 10.2. The van der Waals surface area contributed by atoms with E-state index in [4.69, 9.17) is 0 Å². The molecule has 0 fully saturated rings. The quantitative estimate of drug-likeness (QED) is 0.792. The van der Waals surface area contributed by atoms with Gasteiger partial charge in [0.2, 0.25) is 0 Å². The molecule has 1 N–H and O–H groups in total. The molecule has 0 unspecified atom stereocenters. The molecular formula is C10H14N4O. The number of aromatic nitrogens is 4. The maximum atomic E-state index is 11.5. The molecule has 0 aromatic carbocycles. The fourth-order valence-corrected chi connectivity index (χ4v) is 1.79. The molecule has 2 rings (SSSR count). The van der Waals surface area contributed by atoms with Gasteiger partial charge >= 0.3 is 5.69 Å². The molecule has 2 aromatic heterocycles. The third-order valence-corrected chi connectivity index (χ3v) is 2.61. The highest BCUT2D eigenvalue weighted by molar-refractivity contribution is 5.48. The Bertz CT molecular complexity index is 552. The summed E-state index contributed by atoms with van der Waals surface area (Å²) in [6, 6.07) is 0. The zero-order valence-electron chi connectivity index (χ0n) is 9.16. The first-order valence-corrected chi connectivity index (χ1v) is 5.14. The van der Waals surface area contributed by atoms with Crippen molar-refractivity contribution in [2.24, 2.45) is 0 Å². The van der Waals surface area contributed by atoms with Crippen LogP contribution in [0.4, 0.5) is 0 Å². The van der Waals surface area contributed by atoms with Crippen LogP contribution in [0.15, 0.2) is 4.79 Å². The first-order valence-electron chi connectivity index (χ1n) is 5.14. The lowest BCUT2D eigenvalue weighted by Gasteiger charge is -2.07. The Morgan fingerprint density at radius 2 is 2.07 bits per heavy atom. The third kappa shape index (κ3) is 1.35. The van der Waals surface area contributed by atoms with Crippen molar-refractivity contribution in [3.63, 3.8) is 0 Å². The Morgan fingerprint density at radius 3 is 2.67 bits per heavy atom. The summed E-state index contributed by atoms with van der Waals surface area (Å²) in [6.45, 7) is 5.98. The van der Waals surface area contributed by atoms with Gasteiger partial charge in [0.05, 0.1) is 0 Å². The van der Waals surface area contributed by atoms with Gasteiger partial charge in [-0.15, -0.1) is 0 Å². The molecule has 80 valence electrons. The van der Waals surface area contributed by atoms with Gasteiger partial charge in [-0.1, -0.05) is 13.8 Å². The van der Waals surface area contributed by atoms with E-state index < -0.39 is 0 Å². The smallest absolute Gasteiger partial charge is 0.246 e. The number of nitrogens with zero attached hydrogens (tertiary/aromatic N) is 3. The van der Waals surface area contributed by atoms with E-state index in [1.165, 1.54) is 0 Å². The first kappa shape index (κ1) is 9.89. The van der Waals surface area contributed by atoms with E-state index in [0.717, 1.165) is 29.9 Å². The molecule has 0 aliphatic rings. The van der Waals surface area contributed by atoms with E-state index in [2.05, 4.69) is 22.1 Å². The topological polar surface area (TPSA) is 63.1 Å². The van der Waals surface area contributed by atoms with Crippen molar-refractivity contribution in [1.29, 1.82) is 0 Å². The molecule has 0 spiro atoms. The average molecular weight is 206 g/mol. The largest absolute Gasteiger partial charge is 0.349 e. The predicted molar refractivity (Wildman–Crippen MR) is 57.1 cm³/mol. The summed E-state index contributed by atoms with van der Waals surface area (Å²) < 4.78 is 1.55. The normalized spacial score (nSPS) is 11.1. The highest BCUT2D eigenvalue weighted by atomic mass is 16.1. The van der Waals surface area contributed by atoms with Crippen molar-refractivity contribution < 1.29 is 0 Å². The Balaban J connectivity index is 2.92. The number of aromatic amines is 1. The van der Waals surface area contributed by atoms with Gasteiger partial charge < -0.3 is 0 Å². The summed E-state index contributed by atoms with van der Waals surface area (Å²) in [5.74, 6) is 0.770. The van der Waals surface area contributed by atoms with Gasteiger partial charge in [0.1, 0.15) is 5.82 Å². The molecule has 5 heteroatoms. The van der Waals surface area contributed by atoms with E-state index in [1.54, 1.807) is 4.40 Å². The monoisotopic (exact) mass is 206 g/mol. The fourth-order valence-electron chi connectivity index (χ4n) is 1.79. The van der Waals surface area contributed by atoms with Crippen LogP contribution in [0, 0.1) is 6.92 Å². The second-order valence-corrected chi connectivity index (χ2v) is 3.49. The standard InChI is InChI=1S/C10H14N4O/c1-4-7-6(3)9-12-13-10(15)14(9)8(5-2)11-7/h4-5H2,1-3H3,(H,13,15). The zero-order valence-corrected chi connectivity index (χ0v) is 9.16. The van der Waals surface area contributed by atoms with Crippen molar-refractivity contribution in [3.05, 3.63) is 27.6 Å². The minimum Gasteiger partial charge on any atom is -0.246 e. The summed E-state index contributed by atoms with van der Waals surface area (Å²) in [4.78, 5) is 16.0. The summed E-state index contributed by atoms with van der Waals surface area (Å²) in [6.07, 6.45) is 1.58. The highest BCUT2D eigenvalue weighted by Crippen LogP contribution is 2.12. The molecule has 0 saturated carbocycles. The van der Waals surface area contributed by atoms with Crippen LogP contribution >= 0.6 is 0 Å². The maximum absolute atomic E-state index is 11.5. The highest BCUT2D eigenvalue weighted by Gasteiger charge is 2.12. The van der Waals surface area contributed by atoms with Crippen LogP contribution in [0.25, 0.3) is 5.65 Å². The van der Waals surface area contributed by atoms with Crippen molar-refractivity contribution in [2.45, 2.75) is 33.6 Å². The predicted octanol–water partition coefficient (Wildman–Crippen LogP) is 0.851. The van der Waals surface area contributed by atoms with Crippen LogP contribution in [0.2, 0.25) is 0 Å². The molecule has 5 nitrogen and oxygen atoms in total. The molecule has 0 atom stereocenters. The number of hydrogen-bond acceptors (Lipinski definition) is 3. The average Bonchev–Trinajstić information content (AvgIpc) is 2.63. The fraction of sp³-hybridized carbons (Fsp3) is 0.500. The summed E-state index contributed by atoms with van der Waals surface area (Å²) in [5, 5.41) is 6.48. The van der Waals surface area contributed by atoms with Crippen LogP contribution in [0.1, 0.15) is 30.9 Å². The van der Waals surface area contributed by atoms with Crippen molar-refractivity contribution in [2.75, 3.05) is 0 Å². The lowest BCUT2D eigenvalue weighted by Crippen LogP contribution is -2.16. The van der Waals surface area contributed by atoms with Crippen molar-refractivity contribution in [1.82, 2.24) is 19.6 Å². The molecule has 2 aromatic rings. The van der Waals surface area contributed by atoms with E-state index in [-0.39, 0.29) is 5.69 Å². The van der Waals surface area contributed by atoms with E-state index in [0.29, 0.717) is 5.65 Å². The third-order valence-electron chi connectivity index (χ3n) is 2.61. The maximum Gasteiger partial charge on any atom is 0.349 e. The number of H-pyrrole nitrogens is 1. The summed E-state index contributed by atoms with van der Waals surface area (Å²) >= 11 is 0. The Kier molecular flexibility index (Phi) is 2.30. The van der Waals surface area contributed by atoms with Crippen molar-refractivity contribution >= 4 is 5.65 Å². The SMILES string of the molecule is CCc1nc(CC)n2c(=O)[nH]nc2c1C. The van der Waals surface area contributed by atoms with Gasteiger partial charge in [0.15, 0.2) is 5.65 Å². The molecule has 0 amide bonds. The number of aryl methyl sites for hydroxylation is 3. The van der Waals surface area contributed by atoms with Gasteiger partial charge in [0, 0.05) is 17.7 Å². The van der Waals surface area contributed by atoms with E-state index in [9.17, 15) is 4.79 Å². The number of fused-ring (bicyclic) bond motifs is 1. The van der Waals surface area contributed by atoms with Gasteiger partial charge in [-0.2, -0.15) is 5.10 Å². The second-order valence-electron chi connectivity index (χ2n) is 3.49. The van der Waals surface area contributed by atoms with Gasteiger partial charge in [-0.25, -0.2) is 19.3 Å². The molecule has 2 heterocycles. The van der Waals surface area contributed by atoms with E-state index in [1.807, 2.05) is 13.8 Å². The van der Waals surface area contributed by atoms with Crippen LogP contribution in [-0.2, 0) is 12.8 Å². The minimum absolute atomic E-state index is 0.208. The van der Waals surface area contributed by atoms with Crippen LogP contribution in [0.3, 0.4) is 0 Å².